The number of nitrogens with one attached hydrogen (secondary N) is 2. The Morgan fingerprint density at radius 3 is 2.52 bits per heavy atom. The minimum atomic E-state index is -0.554. The van der Waals surface area contributed by atoms with Crippen LogP contribution in [0.3, 0.4) is 0 Å². The van der Waals surface area contributed by atoms with Crippen molar-refractivity contribution >= 4 is 35.1 Å². The highest BCUT2D eigenvalue weighted by atomic mass is 35.5. The van der Waals surface area contributed by atoms with Gasteiger partial charge in [-0.2, -0.15) is 0 Å². The Morgan fingerprint density at radius 2 is 1.87 bits per heavy atom. The molecule has 1 aromatic rings. The van der Waals surface area contributed by atoms with Crippen LogP contribution in [0, 0.1) is 5.92 Å². The molecule has 0 saturated heterocycles. The summed E-state index contributed by atoms with van der Waals surface area (Å²) in [5, 5.41) is 5.72. The lowest BCUT2D eigenvalue weighted by atomic mass is 9.86. The summed E-state index contributed by atoms with van der Waals surface area (Å²) in [5.41, 5.74) is 0. The van der Waals surface area contributed by atoms with E-state index in [9.17, 15) is 9.59 Å². The number of halogens is 2. The summed E-state index contributed by atoms with van der Waals surface area (Å²) in [6.45, 7) is 1.77. The normalized spacial score (nSPS) is 20.7. The number of imide groups is 1. The third-order valence-electron chi connectivity index (χ3n) is 3.95. The summed E-state index contributed by atoms with van der Waals surface area (Å²) in [6.07, 6.45) is 4.31. The van der Waals surface area contributed by atoms with Gasteiger partial charge in [-0.15, -0.1) is 0 Å². The number of rotatable bonds is 4. The smallest absolute Gasteiger partial charge is 0.321 e. The molecule has 1 aromatic carbocycles. The summed E-state index contributed by atoms with van der Waals surface area (Å²) >= 11 is 11.9. The minimum Gasteiger partial charge on any atom is -0.481 e. The van der Waals surface area contributed by atoms with E-state index in [1.165, 1.54) is 6.42 Å². The molecule has 0 bridgehead atoms. The first-order chi connectivity index (χ1) is 11.0. The van der Waals surface area contributed by atoms with Crippen molar-refractivity contribution in [3.05, 3.63) is 28.2 Å². The van der Waals surface area contributed by atoms with E-state index in [2.05, 4.69) is 17.6 Å². The van der Waals surface area contributed by atoms with Crippen molar-refractivity contribution in [2.24, 2.45) is 5.92 Å². The highest BCUT2D eigenvalue weighted by Gasteiger charge is 2.23. The first kappa shape index (κ1) is 17.9. The number of benzene rings is 1. The van der Waals surface area contributed by atoms with Crippen molar-refractivity contribution in [2.75, 3.05) is 6.61 Å². The molecule has 0 heterocycles. The van der Waals surface area contributed by atoms with Gasteiger partial charge >= 0.3 is 6.03 Å². The Labute approximate surface area is 145 Å². The fraction of sp³-hybridized carbons (Fsp3) is 0.500. The van der Waals surface area contributed by atoms with E-state index < -0.39 is 11.9 Å². The van der Waals surface area contributed by atoms with E-state index in [4.69, 9.17) is 27.9 Å². The van der Waals surface area contributed by atoms with Crippen LogP contribution in [0.5, 0.6) is 5.75 Å². The Balaban J connectivity index is 1.79. The zero-order chi connectivity index (χ0) is 16.8. The Kier molecular flexibility index (Phi) is 6.54. The van der Waals surface area contributed by atoms with Crippen LogP contribution in [0.2, 0.25) is 10.0 Å². The first-order valence-corrected chi connectivity index (χ1v) is 8.40. The lowest BCUT2D eigenvalue weighted by molar-refractivity contribution is -0.122. The third-order valence-corrected chi connectivity index (χ3v) is 4.54. The number of amides is 3. The quantitative estimate of drug-likeness (QED) is 0.860. The molecule has 1 saturated carbocycles. The van der Waals surface area contributed by atoms with Crippen LogP contribution in [0.15, 0.2) is 18.2 Å². The van der Waals surface area contributed by atoms with Crippen LogP contribution in [0.25, 0.3) is 0 Å². The maximum absolute atomic E-state index is 11.9. The van der Waals surface area contributed by atoms with Crippen molar-refractivity contribution < 1.29 is 14.3 Å². The van der Waals surface area contributed by atoms with Gasteiger partial charge in [-0.25, -0.2) is 4.79 Å². The van der Waals surface area contributed by atoms with Crippen LogP contribution in [0.1, 0.15) is 32.6 Å². The molecule has 2 rings (SSSR count). The number of urea groups is 1. The number of hydrogen-bond acceptors (Lipinski definition) is 3. The van der Waals surface area contributed by atoms with Crippen molar-refractivity contribution in [1.82, 2.24) is 10.6 Å². The predicted molar refractivity (Wildman–Crippen MR) is 90.1 cm³/mol. The van der Waals surface area contributed by atoms with Gasteiger partial charge in [0.1, 0.15) is 0 Å². The van der Waals surface area contributed by atoms with Gasteiger partial charge in [-0.1, -0.05) is 49.0 Å². The van der Waals surface area contributed by atoms with Gasteiger partial charge in [0.25, 0.3) is 5.91 Å². The average Bonchev–Trinajstić information content (AvgIpc) is 2.49. The van der Waals surface area contributed by atoms with Crippen molar-refractivity contribution in [3.63, 3.8) is 0 Å². The van der Waals surface area contributed by atoms with Gasteiger partial charge < -0.3 is 10.1 Å². The molecule has 5 nitrogen and oxygen atoms in total. The molecular formula is C16H20Cl2N2O3. The van der Waals surface area contributed by atoms with Crippen LogP contribution in [-0.4, -0.2) is 24.6 Å². The van der Waals surface area contributed by atoms with E-state index in [0.29, 0.717) is 16.0 Å². The minimum absolute atomic E-state index is 0.107. The molecule has 1 aliphatic carbocycles. The van der Waals surface area contributed by atoms with E-state index >= 15 is 0 Å². The van der Waals surface area contributed by atoms with E-state index in [0.717, 1.165) is 19.3 Å². The molecule has 1 aliphatic rings. The molecule has 126 valence electrons. The highest BCUT2D eigenvalue weighted by Crippen LogP contribution is 2.32. The maximum Gasteiger partial charge on any atom is 0.321 e. The molecular weight excluding hydrogens is 339 g/mol. The number of carbonyl (C=O) groups excluding carboxylic acids is 2. The Morgan fingerprint density at radius 1 is 1.22 bits per heavy atom. The third kappa shape index (κ3) is 5.29. The number of ether oxygens (including phenoxy) is 1. The van der Waals surface area contributed by atoms with E-state index in [-0.39, 0.29) is 18.4 Å². The fourth-order valence-corrected chi connectivity index (χ4v) is 3.16. The Bertz CT molecular complexity index is 560. The second kappa shape index (κ2) is 8.41. The van der Waals surface area contributed by atoms with Crippen LogP contribution >= 0.6 is 23.2 Å². The van der Waals surface area contributed by atoms with Crippen LogP contribution in [-0.2, 0) is 4.79 Å². The van der Waals surface area contributed by atoms with Gasteiger partial charge in [0, 0.05) is 6.04 Å². The van der Waals surface area contributed by atoms with Gasteiger partial charge in [-0.3, -0.25) is 10.1 Å². The largest absolute Gasteiger partial charge is 0.481 e. The molecule has 1 fully saturated rings. The lowest BCUT2D eigenvalue weighted by Gasteiger charge is -2.29. The van der Waals surface area contributed by atoms with Crippen molar-refractivity contribution in [1.29, 1.82) is 0 Å². The Hall–Kier alpha value is -1.46. The molecule has 0 aromatic heterocycles. The van der Waals surface area contributed by atoms with E-state index in [1.54, 1.807) is 18.2 Å². The van der Waals surface area contributed by atoms with Gasteiger partial charge in [0.15, 0.2) is 12.4 Å². The summed E-state index contributed by atoms with van der Waals surface area (Å²) in [7, 11) is 0. The number of para-hydroxylation sites is 1. The van der Waals surface area contributed by atoms with Gasteiger partial charge in [0.2, 0.25) is 0 Å². The van der Waals surface area contributed by atoms with Gasteiger partial charge in [0.05, 0.1) is 10.0 Å². The number of hydrogen-bond donors (Lipinski definition) is 2. The summed E-state index contributed by atoms with van der Waals surface area (Å²) < 4.78 is 5.29. The van der Waals surface area contributed by atoms with Gasteiger partial charge in [-0.05, 0) is 30.9 Å². The molecule has 0 radical (unpaired) electrons. The zero-order valence-electron chi connectivity index (χ0n) is 12.9. The summed E-state index contributed by atoms with van der Waals surface area (Å²) in [5.74, 6) is 0.0945. The molecule has 2 N–H and O–H groups in total. The second-order valence-electron chi connectivity index (χ2n) is 5.73. The molecule has 0 spiro atoms. The van der Waals surface area contributed by atoms with Crippen molar-refractivity contribution in [3.8, 4) is 5.75 Å². The van der Waals surface area contributed by atoms with Crippen LogP contribution < -0.4 is 15.4 Å². The highest BCUT2D eigenvalue weighted by molar-refractivity contribution is 6.37. The molecule has 3 amide bonds. The predicted octanol–water partition coefficient (Wildman–Crippen LogP) is 3.78. The zero-order valence-corrected chi connectivity index (χ0v) is 14.4. The molecule has 0 aliphatic heterocycles. The fourth-order valence-electron chi connectivity index (χ4n) is 2.66. The standard InChI is InChI=1S/C16H20Cl2N2O3/c1-10-5-2-3-8-13(10)19-16(22)20-14(21)9-23-15-11(17)6-4-7-12(15)18/h4,6-7,10,13H,2-3,5,8-9H2,1H3,(H2,19,20,21,22). The molecule has 23 heavy (non-hydrogen) atoms. The maximum atomic E-state index is 11.9. The molecule has 2 atom stereocenters. The summed E-state index contributed by atoms with van der Waals surface area (Å²) in [4.78, 5) is 23.7. The molecule has 2 unspecified atom stereocenters. The second-order valence-corrected chi connectivity index (χ2v) is 6.54. The monoisotopic (exact) mass is 358 g/mol. The van der Waals surface area contributed by atoms with Crippen molar-refractivity contribution in [2.45, 2.75) is 38.6 Å². The summed E-state index contributed by atoms with van der Waals surface area (Å²) in [6, 6.07) is 4.50. The molecule has 7 heteroatoms. The SMILES string of the molecule is CC1CCCCC1NC(=O)NC(=O)COc1c(Cl)cccc1Cl. The van der Waals surface area contributed by atoms with Crippen LogP contribution in [0.4, 0.5) is 4.79 Å². The average molecular weight is 359 g/mol. The number of carbonyl (C=O) groups is 2. The topological polar surface area (TPSA) is 67.4 Å². The van der Waals surface area contributed by atoms with E-state index in [1.807, 2.05) is 0 Å². The lowest BCUT2D eigenvalue weighted by Crippen LogP contribution is -2.48. The first-order valence-electron chi connectivity index (χ1n) is 7.64.